The van der Waals surface area contributed by atoms with E-state index in [1.165, 1.54) is 18.6 Å². The Balaban J connectivity index is 2.23. The van der Waals surface area contributed by atoms with Gasteiger partial charge in [0, 0.05) is 17.8 Å². The fraction of sp³-hybridized carbons (Fsp3) is 0.611. The molecule has 0 bridgehead atoms. The van der Waals surface area contributed by atoms with E-state index in [4.69, 9.17) is 0 Å². The summed E-state index contributed by atoms with van der Waals surface area (Å²) in [5, 5.41) is 12.8. The molecule has 6 nitrogen and oxygen atoms in total. The molecule has 1 aliphatic rings. The van der Waals surface area contributed by atoms with Crippen LogP contribution >= 0.6 is 0 Å². The van der Waals surface area contributed by atoms with E-state index in [-0.39, 0.29) is 22.5 Å². The van der Waals surface area contributed by atoms with Crippen LogP contribution in [0.15, 0.2) is 23.1 Å². The Kier molecular flexibility index (Phi) is 6.84. The van der Waals surface area contributed by atoms with E-state index in [2.05, 4.69) is 10.0 Å². The number of nitrogens with one attached hydrogen (secondary N) is 2. The summed E-state index contributed by atoms with van der Waals surface area (Å²) in [6.45, 7) is 3.79. The Morgan fingerprint density at radius 2 is 1.96 bits per heavy atom. The molecular weight excluding hydrogens is 340 g/mol. The Bertz CT molecular complexity index is 697. The van der Waals surface area contributed by atoms with Crippen LogP contribution < -0.4 is 10.0 Å². The van der Waals surface area contributed by atoms with Crippen molar-refractivity contribution >= 4 is 21.7 Å². The largest absolute Gasteiger partial charge is 0.478 e. The van der Waals surface area contributed by atoms with E-state index in [0.29, 0.717) is 5.69 Å². The molecule has 1 atom stereocenters. The van der Waals surface area contributed by atoms with Crippen molar-refractivity contribution in [1.82, 2.24) is 4.72 Å². The number of benzene rings is 1. The predicted molar refractivity (Wildman–Crippen MR) is 98.6 cm³/mol. The summed E-state index contributed by atoms with van der Waals surface area (Å²) in [6.07, 6.45) is 7.09. The molecule has 1 saturated carbocycles. The van der Waals surface area contributed by atoms with Gasteiger partial charge in [0.25, 0.3) is 0 Å². The maximum atomic E-state index is 12.5. The van der Waals surface area contributed by atoms with Crippen LogP contribution in [0.4, 0.5) is 5.69 Å². The summed E-state index contributed by atoms with van der Waals surface area (Å²) >= 11 is 0. The van der Waals surface area contributed by atoms with Crippen LogP contribution in [0.2, 0.25) is 0 Å². The van der Waals surface area contributed by atoms with E-state index in [9.17, 15) is 18.3 Å². The third kappa shape index (κ3) is 5.44. The minimum atomic E-state index is -3.73. The van der Waals surface area contributed by atoms with Gasteiger partial charge in [0.05, 0.1) is 10.5 Å². The molecule has 0 saturated heterocycles. The maximum absolute atomic E-state index is 12.5. The van der Waals surface area contributed by atoms with Crippen molar-refractivity contribution in [2.24, 2.45) is 0 Å². The van der Waals surface area contributed by atoms with Gasteiger partial charge in [0.1, 0.15) is 0 Å². The zero-order valence-corrected chi connectivity index (χ0v) is 15.7. The highest BCUT2D eigenvalue weighted by molar-refractivity contribution is 7.89. The normalized spacial score (nSPS) is 17.2. The highest BCUT2D eigenvalue weighted by Crippen LogP contribution is 2.26. The van der Waals surface area contributed by atoms with Crippen LogP contribution in [0.1, 0.15) is 69.2 Å². The standard InChI is InChI=1S/C18H28N2O4S/c1-3-7-13(2)20-25(23,24)15-10-11-17(16(12-15)18(21)22)19-14-8-5-4-6-9-14/h10-14,19-20H,3-9H2,1-2H3,(H,21,22). The number of carboxylic acid groups (broad SMARTS) is 1. The lowest BCUT2D eigenvalue weighted by atomic mass is 9.95. The molecule has 1 unspecified atom stereocenters. The number of rotatable bonds is 8. The van der Waals surface area contributed by atoms with Gasteiger partial charge in [-0.05, 0) is 44.4 Å². The summed E-state index contributed by atoms with van der Waals surface area (Å²) in [4.78, 5) is 11.6. The van der Waals surface area contributed by atoms with Gasteiger partial charge in [0.2, 0.25) is 10.0 Å². The highest BCUT2D eigenvalue weighted by Gasteiger charge is 2.22. The van der Waals surface area contributed by atoms with E-state index >= 15 is 0 Å². The molecule has 0 heterocycles. The second kappa shape index (κ2) is 8.67. The van der Waals surface area contributed by atoms with Crippen LogP contribution in [-0.4, -0.2) is 31.6 Å². The Hall–Kier alpha value is -1.60. The molecule has 0 aliphatic heterocycles. The number of anilines is 1. The first kappa shape index (κ1) is 19.7. The van der Waals surface area contributed by atoms with Crippen LogP contribution in [0.25, 0.3) is 0 Å². The number of hydrogen-bond donors (Lipinski definition) is 3. The average Bonchev–Trinajstić information content (AvgIpc) is 2.55. The minimum Gasteiger partial charge on any atom is -0.478 e. The molecule has 1 aromatic carbocycles. The summed E-state index contributed by atoms with van der Waals surface area (Å²) in [7, 11) is -3.73. The molecular formula is C18H28N2O4S. The quantitative estimate of drug-likeness (QED) is 0.652. The summed E-state index contributed by atoms with van der Waals surface area (Å²) < 4.78 is 27.5. The van der Waals surface area contributed by atoms with Crippen molar-refractivity contribution in [1.29, 1.82) is 0 Å². The third-order valence-electron chi connectivity index (χ3n) is 4.57. The smallest absolute Gasteiger partial charge is 0.337 e. The van der Waals surface area contributed by atoms with Gasteiger partial charge in [-0.2, -0.15) is 0 Å². The molecule has 7 heteroatoms. The number of carboxylic acids is 1. The van der Waals surface area contributed by atoms with Gasteiger partial charge in [0.15, 0.2) is 0 Å². The second-order valence-corrected chi connectivity index (χ2v) is 8.52. The second-order valence-electron chi connectivity index (χ2n) is 6.80. The van der Waals surface area contributed by atoms with Crippen LogP contribution in [-0.2, 0) is 10.0 Å². The molecule has 140 valence electrons. The maximum Gasteiger partial charge on any atom is 0.337 e. The van der Waals surface area contributed by atoms with E-state index in [1.54, 1.807) is 13.0 Å². The molecule has 1 fully saturated rings. The fourth-order valence-electron chi connectivity index (χ4n) is 3.29. The zero-order valence-electron chi connectivity index (χ0n) is 14.9. The molecule has 1 aliphatic carbocycles. The lowest BCUT2D eigenvalue weighted by Crippen LogP contribution is -2.32. The Labute approximate surface area is 150 Å². The number of hydrogen-bond acceptors (Lipinski definition) is 4. The van der Waals surface area contributed by atoms with Crippen molar-refractivity contribution in [3.63, 3.8) is 0 Å². The summed E-state index contributed by atoms with van der Waals surface area (Å²) in [5.41, 5.74) is 0.483. The van der Waals surface area contributed by atoms with Gasteiger partial charge >= 0.3 is 5.97 Å². The fourth-order valence-corrected chi connectivity index (χ4v) is 4.59. The van der Waals surface area contributed by atoms with Crippen LogP contribution in [0.3, 0.4) is 0 Å². The van der Waals surface area contributed by atoms with E-state index < -0.39 is 16.0 Å². The number of aromatic carboxylic acids is 1. The molecule has 0 radical (unpaired) electrons. The lowest BCUT2D eigenvalue weighted by Gasteiger charge is -2.25. The average molecular weight is 368 g/mol. The van der Waals surface area contributed by atoms with Crippen LogP contribution in [0.5, 0.6) is 0 Å². The summed E-state index contributed by atoms with van der Waals surface area (Å²) in [5.74, 6) is -1.13. The van der Waals surface area contributed by atoms with Crippen molar-refractivity contribution in [2.75, 3.05) is 5.32 Å². The SMILES string of the molecule is CCCC(C)NS(=O)(=O)c1ccc(NC2CCCCC2)c(C(=O)O)c1. The summed E-state index contributed by atoms with van der Waals surface area (Å²) in [6, 6.07) is 4.34. The van der Waals surface area contributed by atoms with E-state index in [1.807, 2.05) is 6.92 Å². The lowest BCUT2D eigenvalue weighted by molar-refractivity contribution is 0.0697. The van der Waals surface area contributed by atoms with Gasteiger partial charge in [-0.25, -0.2) is 17.9 Å². The minimum absolute atomic E-state index is 0.00315. The van der Waals surface area contributed by atoms with Crippen LogP contribution in [0, 0.1) is 0 Å². The van der Waals surface area contributed by atoms with E-state index in [0.717, 1.165) is 38.5 Å². The molecule has 25 heavy (non-hydrogen) atoms. The molecule has 1 aromatic rings. The van der Waals surface area contributed by atoms with Gasteiger partial charge in [-0.15, -0.1) is 0 Å². The van der Waals surface area contributed by atoms with Crippen molar-refractivity contribution < 1.29 is 18.3 Å². The van der Waals surface area contributed by atoms with Gasteiger partial charge < -0.3 is 10.4 Å². The first-order valence-corrected chi connectivity index (χ1v) is 10.5. The molecule has 0 spiro atoms. The first-order valence-electron chi connectivity index (χ1n) is 8.99. The molecule has 0 amide bonds. The first-order chi connectivity index (χ1) is 11.8. The Morgan fingerprint density at radius 3 is 2.56 bits per heavy atom. The topological polar surface area (TPSA) is 95.5 Å². The third-order valence-corrected chi connectivity index (χ3v) is 6.16. The zero-order chi connectivity index (χ0) is 18.4. The Morgan fingerprint density at radius 1 is 1.28 bits per heavy atom. The number of sulfonamides is 1. The van der Waals surface area contributed by atoms with Crippen molar-refractivity contribution in [2.45, 2.75) is 75.8 Å². The van der Waals surface area contributed by atoms with Crippen molar-refractivity contribution in [3.8, 4) is 0 Å². The van der Waals surface area contributed by atoms with Gasteiger partial charge in [-0.3, -0.25) is 0 Å². The monoisotopic (exact) mass is 368 g/mol. The van der Waals surface area contributed by atoms with Gasteiger partial charge in [-0.1, -0.05) is 32.6 Å². The molecule has 3 N–H and O–H groups in total. The highest BCUT2D eigenvalue weighted by atomic mass is 32.2. The molecule has 0 aromatic heterocycles. The predicted octanol–water partition coefficient (Wildman–Crippen LogP) is 3.60. The molecule has 2 rings (SSSR count). The number of carbonyl (C=O) groups is 1. The van der Waals surface area contributed by atoms with Crippen molar-refractivity contribution in [3.05, 3.63) is 23.8 Å².